The van der Waals surface area contributed by atoms with Crippen LogP contribution < -0.4 is 10.6 Å². The van der Waals surface area contributed by atoms with E-state index >= 15 is 0 Å². The molecule has 2 N–H and O–H groups in total. The number of fused-ring (bicyclic) bond motifs is 1. The molecule has 0 spiro atoms. The van der Waals surface area contributed by atoms with Crippen LogP contribution in [0.15, 0.2) is 42.5 Å². The molecule has 14 heteroatoms. The fourth-order valence-corrected chi connectivity index (χ4v) is 4.12. The molecule has 3 aromatic rings. The summed E-state index contributed by atoms with van der Waals surface area (Å²) in [5.74, 6) is -4.24. The van der Waals surface area contributed by atoms with E-state index in [4.69, 9.17) is 11.6 Å². The molecule has 1 atom stereocenters. The molecule has 1 aliphatic rings. The van der Waals surface area contributed by atoms with E-state index in [9.17, 15) is 44.7 Å². The molecule has 0 saturated heterocycles. The number of nitrogens with zero attached hydrogens (tertiary/aromatic N) is 1. The van der Waals surface area contributed by atoms with Gasteiger partial charge in [0.05, 0.1) is 17.3 Å². The Morgan fingerprint density at radius 3 is 2.37 bits per heavy atom. The minimum Gasteiger partial charge on any atom is -0.340 e. The number of alkyl halides is 6. The molecule has 0 aliphatic carbocycles. The molecule has 200 valence electrons. The number of benzene rings is 2. The van der Waals surface area contributed by atoms with E-state index in [1.165, 1.54) is 6.07 Å². The summed E-state index contributed by atoms with van der Waals surface area (Å²) in [6, 6.07) is 4.08. The Labute approximate surface area is 213 Å². The lowest BCUT2D eigenvalue weighted by atomic mass is 9.97. The van der Waals surface area contributed by atoms with Gasteiger partial charge in [-0.15, -0.1) is 0 Å². The molecule has 0 fully saturated rings. The van der Waals surface area contributed by atoms with E-state index in [1.807, 2.05) is 0 Å². The monoisotopic (exact) mass is 563 g/mol. The first-order valence-corrected chi connectivity index (χ1v) is 11.1. The smallest absolute Gasteiger partial charge is 0.340 e. The van der Waals surface area contributed by atoms with Gasteiger partial charge in [-0.25, -0.2) is 13.8 Å². The minimum absolute atomic E-state index is 0.0112. The van der Waals surface area contributed by atoms with Gasteiger partial charge in [0.15, 0.2) is 0 Å². The maximum atomic E-state index is 14.0. The van der Waals surface area contributed by atoms with Crippen LogP contribution >= 0.6 is 11.6 Å². The molecule has 38 heavy (non-hydrogen) atoms. The standard InChI is InChI=1S/C24H14ClF8N3O2/c25-16-2-1-12(26)8-15(16)19-18-17(9-14(3-4-23(28,29)30)34-20(18)22(38)36-19)35-21(37)10-5-11(24(31,32)33)7-13(27)6-10/h1-2,5-9,19H,3-4H2,(H,36,38)(H,34,35,37). The summed E-state index contributed by atoms with van der Waals surface area (Å²) in [7, 11) is 0. The Bertz CT molecular complexity index is 1440. The molecule has 4 rings (SSSR count). The van der Waals surface area contributed by atoms with Gasteiger partial charge in [-0.3, -0.25) is 9.59 Å². The second-order valence-electron chi connectivity index (χ2n) is 8.29. The van der Waals surface area contributed by atoms with E-state index in [1.54, 1.807) is 0 Å². The van der Waals surface area contributed by atoms with Crippen molar-refractivity contribution in [2.45, 2.75) is 31.2 Å². The molecule has 1 unspecified atom stereocenters. The Kier molecular flexibility index (Phi) is 7.08. The van der Waals surface area contributed by atoms with Crippen molar-refractivity contribution in [1.29, 1.82) is 0 Å². The number of halogens is 9. The fourth-order valence-electron chi connectivity index (χ4n) is 3.89. The van der Waals surface area contributed by atoms with Crippen LogP contribution in [0.4, 0.5) is 40.8 Å². The summed E-state index contributed by atoms with van der Waals surface area (Å²) in [5.41, 5.74) is -3.28. The number of carbonyl (C=O) groups is 2. The van der Waals surface area contributed by atoms with Crippen LogP contribution in [0.3, 0.4) is 0 Å². The van der Waals surface area contributed by atoms with Crippen LogP contribution in [0.25, 0.3) is 0 Å². The van der Waals surface area contributed by atoms with Gasteiger partial charge in [0.1, 0.15) is 17.3 Å². The van der Waals surface area contributed by atoms with Gasteiger partial charge in [-0.2, -0.15) is 26.3 Å². The van der Waals surface area contributed by atoms with E-state index in [2.05, 4.69) is 15.6 Å². The van der Waals surface area contributed by atoms with Gasteiger partial charge in [-0.1, -0.05) is 11.6 Å². The van der Waals surface area contributed by atoms with E-state index < -0.39 is 71.5 Å². The highest BCUT2D eigenvalue weighted by molar-refractivity contribution is 6.31. The average Bonchev–Trinajstić information content (AvgIpc) is 3.14. The lowest BCUT2D eigenvalue weighted by Gasteiger charge is -2.19. The minimum atomic E-state index is -4.98. The van der Waals surface area contributed by atoms with E-state index in [0.717, 1.165) is 18.2 Å². The largest absolute Gasteiger partial charge is 0.416 e. The van der Waals surface area contributed by atoms with E-state index in [0.29, 0.717) is 12.1 Å². The summed E-state index contributed by atoms with van der Waals surface area (Å²) < 4.78 is 106. The lowest BCUT2D eigenvalue weighted by Crippen LogP contribution is -2.21. The maximum Gasteiger partial charge on any atom is 0.416 e. The van der Waals surface area contributed by atoms with Crippen molar-refractivity contribution >= 4 is 29.1 Å². The first-order chi connectivity index (χ1) is 17.6. The third-order valence-corrected chi connectivity index (χ3v) is 5.90. The highest BCUT2D eigenvalue weighted by Gasteiger charge is 2.37. The molecule has 5 nitrogen and oxygen atoms in total. The Morgan fingerprint density at radius 2 is 1.71 bits per heavy atom. The van der Waals surface area contributed by atoms with Crippen LogP contribution in [0.2, 0.25) is 5.02 Å². The molecule has 2 aromatic carbocycles. The van der Waals surface area contributed by atoms with Crippen molar-refractivity contribution < 1.29 is 44.7 Å². The Morgan fingerprint density at radius 1 is 1.00 bits per heavy atom. The number of anilines is 1. The van der Waals surface area contributed by atoms with Gasteiger partial charge in [0, 0.05) is 33.8 Å². The molecule has 1 aliphatic heterocycles. The molecule has 1 aromatic heterocycles. The number of pyridine rings is 1. The number of carbonyl (C=O) groups excluding carboxylic acids is 2. The highest BCUT2D eigenvalue weighted by atomic mass is 35.5. The summed E-state index contributed by atoms with van der Waals surface area (Å²) in [6.07, 6.45) is -11.6. The molecular weight excluding hydrogens is 550 g/mol. The summed E-state index contributed by atoms with van der Waals surface area (Å²) in [4.78, 5) is 29.5. The first-order valence-electron chi connectivity index (χ1n) is 10.7. The highest BCUT2D eigenvalue weighted by Crippen LogP contribution is 2.40. The molecule has 0 radical (unpaired) electrons. The number of nitrogens with one attached hydrogen (secondary N) is 2. The summed E-state index contributed by atoms with van der Waals surface area (Å²) >= 11 is 6.15. The maximum absolute atomic E-state index is 14.0. The predicted molar refractivity (Wildman–Crippen MR) is 119 cm³/mol. The van der Waals surface area contributed by atoms with Crippen molar-refractivity contribution in [3.63, 3.8) is 0 Å². The van der Waals surface area contributed by atoms with Gasteiger partial charge in [-0.05, 0) is 48.9 Å². The van der Waals surface area contributed by atoms with Crippen LogP contribution in [0.1, 0.15) is 55.7 Å². The second-order valence-corrected chi connectivity index (χ2v) is 8.70. The number of hydrogen-bond donors (Lipinski definition) is 2. The molecule has 2 heterocycles. The van der Waals surface area contributed by atoms with Gasteiger partial charge >= 0.3 is 12.4 Å². The van der Waals surface area contributed by atoms with Crippen LogP contribution in [-0.4, -0.2) is 23.0 Å². The third-order valence-electron chi connectivity index (χ3n) is 5.56. The Hall–Kier alpha value is -3.74. The van der Waals surface area contributed by atoms with E-state index in [-0.39, 0.29) is 33.6 Å². The summed E-state index contributed by atoms with van der Waals surface area (Å²) in [5, 5.41) is 4.68. The van der Waals surface area contributed by atoms with Crippen molar-refractivity contribution in [3.05, 3.63) is 92.8 Å². The number of aromatic nitrogens is 1. The number of rotatable bonds is 5. The zero-order valence-corrected chi connectivity index (χ0v) is 19.5. The summed E-state index contributed by atoms with van der Waals surface area (Å²) in [6.45, 7) is 0. The zero-order valence-electron chi connectivity index (χ0n) is 18.7. The number of aryl methyl sites for hydroxylation is 1. The van der Waals surface area contributed by atoms with Crippen LogP contribution in [0, 0.1) is 11.6 Å². The SMILES string of the molecule is O=C(Nc1cc(CCC(F)(F)F)nc2c1C(c1cc(F)ccc1Cl)NC2=O)c1cc(F)cc(C(F)(F)F)c1. The zero-order chi connectivity index (χ0) is 28.0. The number of hydrogen-bond acceptors (Lipinski definition) is 3. The quantitative estimate of drug-likeness (QED) is 0.343. The fraction of sp³-hybridized carbons (Fsp3) is 0.208. The predicted octanol–water partition coefficient (Wildman–Crippen LogP) is 6.61. The van der Waals surface area contributed by atoms with Crippen LogP contribution in [-0.2, 0) is 12.6 Å². The second kappa shape index (κ2) is 9.86. The number of amides is 2. The normalized spacial score (nSPS) is 15.3. The molecule has 2 amide bonds. The van der Waals surface area contributed by atoms with Gasteiger partial charge in [0.2, 0.25) is 0 Å². The van der Waals surface area contributed by atoms with Crippen molar-refractivity contribution in [2.24, 2.45) is 0 Å². The molecule has 0 saturated carbocycles. The van der Waals surface area contributed by atoms with Gasteiger partial charge in [0.25, 0.3) is 11.8 Å². The first kappa shape index (κ1) is 27.3. The van der Waals surface area contributed by atoms with Crippen molar-refractivity contribution in [2.75, 3.05) is 5.32 Å². The topological polar surface area (TPSA) is 71.1 Å². The van der Waals surface area contributed by atoms with Crippen molar-refractivity contribution in [3.8, 4) is 0 Å². The molecule has 0 bridgehead atoms. The van der Waals surface area contributed by atoms with Crippen LogP contribution in [0.5, 0.6) is 0 Å². The lowest BCUT2D eigenvalue weighted by molar-refractivity contribution is -0.138. The van der Waals surface area contributed by atoms with Gasteiger partial charge < -0.3 is 10.6 Å². The van der Waals surface area contributed by atoms with Crippen molar-refractivity contribution in [1.82, 2.24) is 10.3 Å². The third kappa shape index (κ3) is 5.87. The Balaban J connectivity index is 1.82. The average molecular weight is 564 g/mol. The molecular formula is C24H14ClF8N3O2.